The van der Waals surface area contributed by atoms with Gasteiger partial charge in [0.25, 0.3) is 5.56 Å². The van der Waals surface area contributed by atoms with E-state index in [1.807, 2.05) is 31.2 Å². The number of aryl methyl sites for hydroxylation is 1. The van der Waals surface area contributed by atoms with Gasteiger partial charge in [-0.1, -0.05) is 17.7 Å². The quantitative estimate of drug-likeness (QED) is 0.689. The third-order valence-electron chi connectivity index (χ3n) is 4.38. The van der Waals surface area contributed by atoms with Crippen molar-refractivity contribution in [3.05, 3.63) is 55.4 Å². The highest BCUT2D eigenvalue weighted by Crippen LogP contribution is 2.32. The third kappa shape index (κ3) is 2.38. The van der Waals surface area contributed by atoms with Gasteiger partial charge >= 0.3 is 0 Å². The van der Waals surface area contributed by atoms with Crippen LogP contribution in [0.25, 0.3) is 15.9 Å². The summed E-state index contributed by atoms with van der Waals surface area (Å²) in [5.41, 5.74) is 3.17. The zero-order valence-electron chi connectivity index (χ0n) is 13.0. The van der Waals surface area contributed by atoms with Crippen LogP contribution in [0.3, 0.4) is 0 Å². The molecule has 0 aliphatic carbocycles. The van der Waals surface area contributed by atoms with Gasteiger partial charge in [0.15, 0.2) is 4.77 Å². The normalized spacial score (nSPS) is 15.0. The van der Waals surface area contributed by atoms with E-state index in [2.05, 4.69) is 16.9 Å². The molecule has 0 bridgehead atoms. The van der Waals surface area contributed by atoms with Crippen LogP contribution in [-0.4, -0.2) is 28.0 Å². The lowest BCUT2D eigenvalue weighted by molar-refractivity contribution is 0.318. The van der Waals surface area contributed by atoms with Crippen molar-refractivity contribution in [2.45, 2.75) is 19.9 Å². The van der Waals surface area contributed by atoms with Crippen molar-refractivity contribution < 1.29 is 0 Å². The second-order valence-corrected chi connectivity index (χ2v) is 7.59. The van der Waals surface area contributed by atoms with E-state index >= 15 is 0 Å². The second kappa shape index (κ2) is 5.40. The van der Waals surface area contributed by atoms with E-state index in [0.717, 1.165) is 41.0 Å². The highest BCUT2D eigenvalue weighted by atomic mass is 32.1. The Morgan fingerprint density at radius 3 is 2.74 bits per heavy atom. The Bertz CT molecular complexity index is 1010. The van der Waals surface area contributed by atoms with Crippen LogP contribution in [-0.2, 0) is 13.0 Å². The Morgan fingerprint density at radius 2 is 2.00 bits per heavy atom. The van der Waals surface area contributed by atoms with E-state index in [1.54, 1.807) is 15.9 Å². The maximum atomic E-state index is 13.1. The molecule has 4 rings (SSSR count). The fourth-order valence-corrected chi connectivity index (χ4v) is 4.80. The predicted molar refractivity (Wildman–Crippen MR) is 97.4 cm³/mol. The molecule has 23 heavy (non-hydrogen) atoms. The molecule has 0 fully saturated rings. The van der Waals surface area contributed by atoms with Crippen LogP contribution in [0.15, 0.2) is 29.1 Å². The summed E-state index contributed by atoms with van der Waals surface area (Å²) >= 11 is 7.11. The Hall–Kier alpha value is -1.76. The molecule has 0 saturated carbocycles. The van der Waals surface area contributed by atoms with Crippen LogP contribution >= 0.6 is 23.6 Å². The van der Waals surface area contributed by atoms with Crippen molar-refractivity contribution >= 4 is 33.8 Å². The lowest BCUT2D eigenvalue weighted by Gasteiger charge is -2.21. The predicted octanol–water partition coefficient (Wildman–Crippen LogP) is 3.41. The fraction of sp³-hybridized carbons (Fsp3) is 0.294. The van der Waals surface area contributed by atoms with Crippen LogP contribution in [0.4, 0.5) is 0 Å². The number of likely N-dealkylation sites (N-methyl/N-ethyl adjacent to an activating group) is 1. The van der Waals surface area contributed by atoms with Crippen molar-refractivity contribution in [2.75, 3.05) is 13.6 Å². The first-order chi connectivity index (χ1) is 11.0. The molecule has 0 atom stereocenters. The molecule has 0 unspecified atom stereocenters. The number of rotatable bonds is 1. The average molecular weight is 343 g/mol. The van der Waals surface area contributed by atoms with Gasteiger partial charge in [-0.3, -0.25) is 9.36 Å². The molecule has 118 valence electrons. The molecule has 1 aliphatic rings. The molecule has 1 aromatic carbocycles. The summed E-state index contributed by atoms with van der Waals surface area (Å²) in [6.45, 7) is 3.92. The van der Waals surface area contributed by atoms with E-state index in [-0.39, 0.29) is 5.56 Å². The Balaban J connectivity index is 2.02. The van der Waals surface area contributed by atoms with Gasteiger partial charge in [-0.05, 0) is 50.3 Å². The summed E-state index contributed by atoms with van der Waals surface area (Å²) in [5, 5.41) is 0.812. The molecule has 0 amide bonds. The summed E-state index contributed by atoms with van der Waals surface area (Å²) in [4.78, 5) is 20.8. The minimum atomic E-state index is -0.00495. The zero-order chi connectivity index (χ0) is 16.1. The molecule has 0 radical (unpaired) electrons. The Morgan fingerprint density at radius 1 is 1.26 bits per heavy atom. The molecule has 3 heterocycles. The number of aromatic nitrogens is 2. The van der Waals surface area contributed by atoms with E-state index in [4.69, 9.17) is 12.2 Å². The van der Waals surface area contributed by atoms with Crippen LogP contribution in [0.1, 0.15) is 16.0 Å². The van der Waals surface area contributed by atoms with Gasteiger partial charge in [0, 0.05) is 18.0 Å². The van der Waals surface area contributed by atoms with E-state index in [1.165, 1.54) is 10.4 Å². The first-order valence-corrected chi connectivity index (χ1v) is 8.82. The van der Waals surface area contributed by atoms with Crippen molar-refractivity contribution in [2.24, 2.45) is 0 Å². The molecule has 1 N–H and O–H groups in total. The second-order valence-electron chi connectivity index (χ2n) is 6.10. The summed E-state index contributed by atoms with van der Waals surface area (Å²) in [6.07, 6.45) is 0.916. The number of thiophene rings is 1. The van der Waals surface area contributed by atoms with Gasteiger partial charge in [-0.25, -0.2) is 0 Å². The number of H-pyrrole nitrogens is 1. The van der Waals surface area contributed by atoms with Crippen molar-refractivity contribution in [1.29, 1.82) is 0 Å². The molecular formula is C17H17N3OS2. The maximum Gasteiger partial charge on any atom is 0.267 e. The lowest BCUT2D eigenvalue weighted by Crippen LogP contribution is -2.27. The smallest absolute Gasteiger partial charge is 0.267 e. The van der Waals surface area contributed by atoms with E-state index in [0.29, 0.717) is 4.77 Å². The standard InChI is InChI=1S/C17H17N3OS2/c1-10-3-5-11(6-4-10)20-16(21)14-12-7-8-19(2)9-13(12)23-15(14)18-17(20)22/h3-6H,7-9H2,1-2H3,(H,18,22). The number of benzene rings is 1. The minimum Gasteiger partial charge on any atom is -0.323 e. The monoisotopic (exact) mass is 343 g/mol. The van der Waals surface area contributed by atoms with Crippen molar-refractivity contribution in [1.82, 2.24) is 14.5 Å². The fourth-order valence-electron chi connectivity index (χ4n) is 3.13. The van der Waals surface area contributed by atoms with Crippen molar-refractivity contribution in [3.63, 3.8) is 0 Å². The van der Waals surface area contributed by atoms with Gasteiger partial charge in [0.1, 0.15) is 4.83 Å². The summed E-state index contributed by atoms with van der Waals surface area (Å²) in [6, 6.07) is 7.88. The number of fused-ring (bicyclic) bond motifs is 3. The van der Waals surface area contributed by atoms with Crippen LogP contribution < -0.4 is 5.56 Å². The number of nitrogens with zero attached hydrogens (tertiary/aromatic N) is 2. The largest absolute Gasteiger partial charge is 0.323 e. The summed E-state index contributed by atoms with van der Waals surface area (Å²) < 4.78 is 2.07. The van der Waals surface area contributed by atoms with E-state index in [9.17, 15) is 4.79 Å². The Labute approximate surface area is 143 Å². The van der Waals surface area contributed by atoms with Gasteiger partial charge in [0.2, 0.25) is 0 Å². The molecule has 2 aromatic heterocycles. The van der Waals surface area contributed by atoms with Crippen molar-refractivity contribution in [3.8, 4) is 5.69 Å². The lowest BCUT2D eigenvalue weighted by atomic mass is 10.1. The van der Waals surface area contributed by atoms with Crippen LogP contribution in [0.2, 0.25) is 0 Å². The zero-order valence-corrected chi connectivity index (χ0v) is 14.7. The summed E-state index contributed by atoms with van der Waals surface area (Å²) in [5.74, 6) is 0. The summed E-state index contributed by atoms with van der Waals surface area (Å²) in [7, 11) is 2.11. The highest BCUT2D eigenvalue weighted by molar-refractivity contribution is 7.71. The average Bonchev–Trinajstić information content (AvgIpc) is 2.86. The molecule has 1 aliphatic heterocycles. The topological polar surface area (TPSA) is 41.0 Å². The third-order valence-corrected chi connectivity index (χ3v) is 5.80. The van der Waals surface area contributed by atoms with Gasteiger partial charge in [0.05, 0.1) is 11.1 Å². The van der Waals surface area contributed by atoms with Crippen LogP contribution in [0.5, 0.6) is 0 Å². The van der Waals surface area contributed by atoms with E-state index < -0.39 is 0 Å². The number of hydrogen-bond donors (Lipinski definition) is 1. The van der Waals surface area contributed by atoms with Gasteiger partial charge in [-0.15, -0.1) is 11.3 Å². The molecule has 0 saturated heterocycles. The van der Waals surface area contributed by atoms with Gasteiger partial charge < -0.3 is 9.88 Å². The molecule has 0 spiro atoms. The van der Waals surface area contributed by atoms with Gasteiger partial charge in [-0.2, -0.15) is 0 Å². The first-order valence-electron chi connectivity index (χ1n) is 7.60. The maximum absolute atomic E-state index is 13.1. The first kappa shape index (κ1) is 14.8. The molecule has 6 heteroatoms. The molecular weight excluding hydrogens is 326 g/mol. The van der Waals surface area contributed by atoms with Crippen LogP contribution in [0, 0.1) is 11.7 Å². The number of hydrogen-bond acceptors (Lipinski definition) is 4. The minimum absolute atomic E-state index is 0.00495. The number of nitrogens with one attached hydrogen (secondary N) is 1. The molecule has 3 aromatic rings. The molecule has 4 nitrogen and oxygen atoms in total. The number of aromatic amines is 1. The Kier molecular flexibility index (Phi) is 3.48. The SMILES string of the molecule is Cc1ccc(-n2c(=S)[nH]c3sc4c(c3c2=O)CCN(C)C4)cc1. The highest BCUT2D eigenvalue weighted by Gasteiger charge is 2.22.